The van der Waals surface area contributed by atoms with Gasteiger partial charge in [-0.25, -0.2) is 4.79 Å². The number of carboxylic acid groups (broad SMARTS) is 1. The second-order valence-corrected chi connectivity index (χ2v) is 7.33. The molecule has 0 aliphatic carbocycles. The molecule has 3 aromatic rings. The van der Waals surface area contributed by atoms with E-state index in [4.69, 9.17) is 9.15 Å². The van der Waals surface area contributed by atoms with Crippen molar-refractivity contribution in [2.24, 2.45) is 0 Å². The molecule has 29 heavy (non-hydrogen) atoms. The molecule has 4 rings (SSSR count). The number of fused-ring (bicyclic) bond motifs is 1. The van der Waals surface area contributed by atoms with Gasteiger partial charge in [0.1, 0.15) is 17.1 Å². The van der Waals surface area contributed by atoms with Crippen LogP contribution in [-0.2, 0) is 6.42 Å². The minimum Gasteiger partial charge on any atom is -0.497 e. The fraction of sp³-hybridized carbons (Fsp3) is 0.364. The van der Waals surface area contributed by atoms with Gasteiger partial charge in [0.05, 0.1) is 7.11 Å². The Morgan fingerprint density at radius 2 is 2.03 bits per heavy atom. The van der Waals surface area contributed by atoms with Crippen molar-refractivity contribution in [1.29, 1.82) is 0 Å². The number of aromatic nitrogens is 1. The maximum absolute atomic E-state index is 12.8. The molecule has 1 saturated heterocycles. The lowest BCUT2D eigenvalue weighted by Gasteiger charge is -2.31. The fourth-order valence-electron chi connectivity index (χ4n) is 4.11. The van der Waals surface area contributed by atoms with Gasteiger partial charge < -0.3 is 24.1 Å². The Bertz CT molecular complexity index is 1060. The van der Waals surface area contributed by atoms with Crippen molar-refractivity contribution in [3.8, 4) is 5.75 Å². The molecule has 0 saturated carbocycles. The van der Waals surface area contributed by atoms with Crippen LogP contribution in [0.25, 0.3) is 10.9 Å². The SMILES string of the molecule is CCc1oc(C(=O)N2CCC(c3c[nH]c4ccc(OC)cc34)CC2)cc1C(=O)O. The number of ether oxygens (including phenoxy) is 1. The van der Waals surface area contributed by atoms with Crippen molar-refractivity contribution < 1.29 is 23.8 Å². The Morgan fingerprint density at radius 3 is 2.66 bits per heavy atom. The van der Waals surface area contributed by atoms with Crippen molar-refractivity contribution in [3.63, 3.8) is 0 Å². The molecule has 152 valence electrons. The maximum Gasteiger partial charge on any atom is 0.339 e. The molecule has 2 N–H and O–H groups in total. The zero-order valence-electron chi connectivity index (χ0n) is 16.5. The van der Waals surface area contributed by atoms with E-state index in [1.165, 1.54) is 11.6 Å². The minimum atomic E-state index is -1.07. The number of amides is 1. The third-order valence-electron chi connectivity index (χ3n) is 5.71. The average molecular weight is 396 g/mol. The molecule has 0 unspecified atom stereocenters. The first-order valence-corrected chi connectivity index (χ1v) is 9.82. The molecule has 1 amide bonds. The summed E-state index contributed by atoms with van der Waals surface area (Å²) in [6, 6.07) is 7.34. The number of H-pyrrole nitrogens is 1. The number of rotatable bonds is 5. The van der Waals surface area contributed by atoms with Gasteiger partial charge in [0.15, 0.2) is 5.76 Å². The van der Waals surface area contributed by atoms with E-state index in [0.29, 0.717) is 31.2 Å². The van der Waals surface area contributed by atoms with Gasteiger partial charge in [-0.3, -0.25) is 4.79 Å². The number of aryl methyl sites for hydroxylation is 1. The summed E-state index contributed by atoms with van der Waals surface area (Å²) in [4.78, 5) is 29.2. The number of piperidine rings is 1. The molecule has 0 atom stereocenters. The molecule has 0 radical (unpaired) electrons. The number of carbonyl (C=O) groups is 2. The van der Waals surface area contributed by atoms with Crippen LogP contribution in [0, 0.1) is 0 Å². The summed E-state index contributed by atoms with van der Waals surface area (Å²) >= 11 is 0. The third-order valence-corrected chi connectivity index (χ3v) is 5.71. The molecule has 1 aliphatic rings. The lowest BCUT2D eigenvalue weighted by molar-refractivity contribution is 0.0674. The summed E-state index contributed by atoms with van der Waals surface area (Å²) in [5, 5.41) is 10.4. The highest BCUT2D eigenvalue weighted by molar-refractivity contribution is 5.96. The Balaban J connectivity index is 1.48. The summed E-state index contributed by atoms with van der Waals surface area (Å²) < 4.78 is 10.9. The van der Waals surface area contributed by atoms with Crippen LogP contribution >= 0.6 is 0 Å². The smallest absolute Gasteiger partial charge is 0.339 e. The Kier molecular flexibility index (Phi) is 5.05. The van der Waals surface area contributed by atoms with Gasteiger partial charge >= 0.3 is 5.97 Å². The molecule has 1 fully saturated rings. The standard InChI is InChI=1S/C22H24N2O5/c1-3-19-16(22(26)27)11-20(29-19)21(25)24-8-6-13(7-9-24)17-12-23-18-5-4-14(28-2)10-15(17)18/h4-5,10-13,23H,3,6-9H2,1-2H3,(H,26,27). The number of nitrogens with one attached hydrogen (secondary N) is 1. The molecule has 2 aromatic heterocycles. The zero-order valence-corrected chi connectivity index (χ0v) is 16.5. The van der Waals surface area contributed by atoms with E-state index in [2.05, 4.69) is 4.98 Å². The summed E-state index contributed by atoms with van der Waals surface area (Å²) in [6.07, 6.45) is 4.15. The topological polar surface area (TPSA) is 95.8 Å². The van der Waals surface area contributed by atoms with Crippen LogP contribution in [0.15, 0.2) is 34.9 Å². The number of hydrogen-bond acceptors (Lipinski definition) is 4. The predicted molar refractivity (Wildman–Crippen MR) is 108 cm³/mol. The second-order valence-electron chi connectivity index (χ2n) is 7.33. The normalized spacial score (nSPS) is 15.0. The Hall–Kier alpha value is -3.22. The highest BCUT2D eigenvalue weighted by atomic mass is 16.5. The summed E-state index contributed by atoms with van der Waals surface area (Å²) in [6.45, 7) is 3.01. The van der Waals surface area contributed by atoms with E-state index in [1.54, 1.807) is 18.9 Å². The molecule has 1 aliphatic heterocycles. The monoisotopic (exact) mass is 396 g/mol. The van der Waals surface area contributed by atoms with Crippen LogP contribution in [0.1, 0.15) is 57.9 Å². The maximum atomic E-state index is 12.8. The first-order valence-electron chi connectivity index (χ1n) is 9.82. The van der Waals surface area contributed by atoms with Crippen LogP contribution in [0.5, 0.6) is 5.75 Å². The average Bonchev–Trinajstić information content (AvgIpc) is 3.37. The van der Waals surface area contributed by atoms with Crippen LogP contribution in [0.2, 0.25) is 0 Å². The van der Waals surface area contributed by atoms with Crippen molar-refractivity contribution >= 4 is 22.8 Å². The van der Waals surface area contributed by atoms with Gasteiger partial charge in [-0.15, -0.1) is 0 Å². The van der Waals surface area contributed by atoms with Gasteiger partial charge in [-0.2, -0.15) is 0 Å². The molecular weight excluding hydrogens is 372 g/mol. The lowest BCUT2D eigenvalue weighted by atomic mass is 9.89. The van der Waals surface area contributed by atoms with Crippen molar-refractivity contribution in [3.05, 3.63) is 53.1 Å². The third kappa shape index (κ3) is 3.48. The highest BCUT2D eigenvalue weighted by Gasteiger charge is 2.29. The first kappa shape index (κ1) is 19.1. The summed E-state index contributed by atoms with van der Waals surface area (Å²) in [7, 11) is 1.66. The van der Waals surface area contributed by atoms with E-state index in [-0.39, 0.29) is 17.2 Å². The molecular formula is C22H24N2O5. The van der Waals surface area contributed by atoms with Gasteiger partial charge in [0, 0.05) is 42.7 Å². The van der Waals surface area contributed by atoms with Crippen molar-refractivity contribution in [1.82, 2.24) is 9.88 Å². The van der Waals surface area contributed by atoms with Crippen LogP contribution in [0.3, 0.4) is 0 Å². The molecule has 1 aromatic carbocycles. The second kappa shape index (κ2) is 7.66. The number of aromatic carboxylic acids is 1. The van der Waals surface area contributed by atoms with Gasteiger partial charge in [-0.05, 0) is 42.5 Å². The van der Waals surface area contributed by atoms with Crippen LogP contribution in [-0.4, -0.2) is 47.1 Å². The molecule has 7 nitrogen and oxygen atoms in total. The number of aromatic amines is 1. The summed E-state index contributed by atoms with van der Waals surface area (Å²) in [5.41, 5.74) is 2.38. The van der Waals surface area contributed by atoms with Crippen LogP contribution in [0.4, 0.5) is 0 Å². The number of carboxylic acids is 1. The largest absolute Gasteiger partial charge is 0.497 e. The minimum absolute atomic E-state index is 0.0680. The molecule has 0 bridgehead atoms. The van der Waals surface area contributed by atoms with Gasteiger partial charge in [0.25, 0.3) is 5.91 Å². The van der Waals surface area contributed by atoms with E-state index in [9.17, 15) is 14.7 Å². The number of likely N-dealkylation sites (tertiary alicyclic amines) is 1. The number of hydrogen-bond donors (Lipinski definition) is 2. The Labute approximate surface area is 168 Å². The van der Waals surface area contributed by atoms with Crippen LogP contribution < -0.4 is 4.74 Å². The van der Waals surface area contributed by atoms with Gasteiger partial charge in [-0.1, -0.05) is 6.92 Å². The number of furan rings is 1. The number of carbonyl (C=O) groups excluding carboxylic acids is 1. The van der Waals surface area contributed by atoms with E-state index >= 15 is 0 Å². The summed E-state index contributed by atoms with van der Waals surface area (Å²) in [5.74, 6) is 0.296. The van der Waals surface area contributed by atoms with E-state index < -0.39 is 5.97 Å². The van der Waals surface area contributed by atoms with Crippen molar-refractivity contribution in [2.75, 3.05) is 20.2 Å². The van der Waals surface area contributed by atoms with E-state index in [0.717, 1.165) is 29.5 Å². The fourth-order valence-corrected chi connectivity index (χ4v) is 4.11. The molecule has 0 spiro atoms. The Morgan fingerprint density at radius 1 is 1.28 bits per heavy atom. The number of nitrogens with zero attached hydrogens (tertiary/aromatic N) is 1. The van der Waals surface area contributed by atoms with Gasteiger partial charge in [0.2, 0.25) is 0 Å². The predicted octanol–water partition coefficient (Wildman–Crippen LogP) is 4.05. The highest BCUT2D eigenvalue weighted by Crippen LogP contribution is 2.35. The molecule has 7 heteroatoms. The lowest BCUT2D eigenvalue weighted by Crippen LogP contribution is -2.37. The van der Waals surface area contributed by atoms with Crippen molar-refractivity contribution in [2.45, 2.75) is 32.1 Å². The quantitative estimate of drug-likeness (QED) is 0.678. The molecule has 3 heterocycles. The number of methoxy groups -OCH3 is 1. The van der Waals surface area contributed by atoms with E-state index in [1.807, 2.05) is 24.4 Å². The number of benzene rings is 1. The first-order chi connectivity index (χ1) is 14.0. The zero-order chi connectivity index (χ0) is 20.5.